The molecule has 1 aromatic heterocycles. The summed E-state index contributed by atoms with van der Waals surface area (Å²) in [4.78, 5) is 25.5. The standard InChI is InChI=1S/C21H21ClN6O/c1-13-7-4-5-10-18(13)26-20(27-19-23-14(2)11-15(3)24-19)28-21(29)25-17-9-6-8-16(22)12-17/h4-12H,1-3H3,(H3,23,24,25,26,27,28,29). The summed E-state index contributed by atoms with van der Waals surface area (Å²) in [6, 6.07) is 15.9. The molecule has 3 N–H and O–H groups in total. The van der Waals surface area contributed by atoms with E-state index >= 15 is 0 Å². The molecule has 2 amide bonds. The highest BCUT2D eigenvalue weighted by molar-refractivity contribution is 6.30. The van der Waals surface area contributed by atoms with E-state index in [2.05, 4.69) is 30.9 Å². The number of nitrogens with zero attached hydrogens (tertiary/aromatic N) is 3. The van der Waals surface area contributed by atoms with Crippen LogP contribution in [0.3, 0.4) is 0 Å². The second kappa shape index (κ2) is 9.16. The third kappa shape index (κ3) is 6.02. The number of halogens is 1. The minimum absolute atomic E-state index is 0.198. The second-order valence-electron chi connectivity index (χ2n) is 6.44. The number of carbonyl (C=O) groups is 1. The van der Waals surface area contributed by atoms with Crippen LogP contribution in [-0.4, -0.2) is 22.0 Å². The topological polar surface area (TPSA) is 91.3 Å². The van der Waals surface area contributed by atoms with Crippen molar-refractivity contribution in [3.05, 3.63) is 76.6 Å². The van der Waals surface area contributed by atoms with E-state index in [4.69, 9.17) is 11.6 Å². The van der Waals surface area contributed by atoms with Crippen LogP contribution in [-0.2, 0) is 0 Å². The molecule has 8 heteroatoms. The lowest BCUT2D eigenvalue weighted by Crippen LogP contribution is -2.39. The van der Waals surface area contributed by atoms with Gasteiger partial charge in [-0.1, -0.05) is 35.9 Å². The van der Waals surface area contributed by atoms with Gasteiger partial charge in [-0.25, -0.2) is 14.8 Å². The van der Waals surface area contributed by atoms with Gasteiger partial charge in [0.2, 0.25) is 5.96 Å². The number of anilines is 2. The SMILES string of the molecule is Cc1cc(C)nc(/N=C(/NC(=O)Nc2cccc(Cl)c2)Nc2ccccc2C)n1. The molecule has 29 heavy (non-hydrogen) atoms. The van der Waals surface area contributed by atoms with Gasteiger partial charge in [-0.2, -0.15) is 4.99 Å². The number of benzene rings is 2. The molecule has 0 spiro atoms. The molecule has 0 unspecified atom stereocenters. The Kier molecular flexibility index (Phi) is 6.41. The fourth-order valence-corrected chi connectivity index (χ4v) is 2.81. The van der Waals surface area contributed by atoms with Gasteiger partial charge < -0.3 is 10.6 Å². The second-order valence-corrected chi connectivity index (χ2v) is 6.88. The summed E-state index contributed by atoms with van der Waals surface area (Å²) in [6.07, 6.45) is 0. The van der Waals surface area contributed by atoms with E-state index in [-0.39, 0.29) is 11.9 Å². The fraction of sp³-hybridized carbons (Fsp3) is 0.143. The van der Waals surface area contributed by atoms with Crippen LogP contribution in [0.5, 0.6) is 0 Å². The Morgan fingerprint density at radius 1 is 0.931 bits per heavy atom. The van der Waals surface area contributed by atoms with E-state index in [1.165, 1.54) is 0 Å². The number of hydrogen-bond donors (Lipinski definition) is 3. The first-order valence-electron chi connectivity index (χ1n) is 8.96. The molecule has 3 aromatic rings. The van der Waals surface area contributed by atoms with Crippen molar-refractivity contribution in [2.24, 2.45) is 4.99 Å². The molecule has 0 radical (unpaired) electrons. The van der Waals surface area contributed by atoms with E-state index in [0.29, 0.717) is 10.7 Å². The summed E-state index contributed by atoms with van der Waals surface area (Å²) in [7, 11) is 0. The molecule has 0 aliphatic carbocycles. The number of hydrogen-bond acceptors (Lipinski definition) is 4. The lowest BCUT2D eigenvalue weighted by atomic mass is 10.2. The zero-order valence-corrected chi connectivity index (χ0v) is 17.1. The van der Waals surface area contributed by atoms with Crippen molar-refractivity contribution >= 4 is 40.9 Å². The number of guanidine groups is 1. The molecule has 0 saturated carbocycles. The first kappa shape index (κ1) is 20.3. The summed E-state index contributed by atoms with van der Waals surface area (Å²) < 4.78 is 0. The number of aromatic nitrogens is 2. The minimum atomic E-state index is -0.475. The Morgan fingerprint density at radius 3 is 2.34 bits per heavy atom. The molecular weight excluding hydrogens is 388 g/mol. The number of rotatable bonds is 3. The van der Waals surface area contributed by atoms with Crippen LogP contribution in [0.4, 0.5) is 22.1 Å². The van der Waals surface area contributed by atoms with Gasteiger partial charge in [0.15, 0.2) is 0 Å². The normalized spacial score (nSPS) is 11.1. The third-order valence-electron chi connectivity index (χ3n) is 3.89. The highest BCUT2D eigenvalue weighted by Crippen LogP contribution is 2.16. The molecule has 0 bridgehead atoms. The van der Waals surface area contributed by atoms with Crippen molar-refractivity contribution in [3.63, 3.8) is 0 Å². The zero-order chi connectivity index (χ0) is 20.8. The van der Waals surface area contributed by atoms with Crippen molar-refractivity contribution in [3.8, 4) is 0 Å². The van der Waals surface area contributed by atoms with E-state index in [0.717, 1.165) is 22.6 Å². The average Bonchev–Trinajstić information content (AvgIpc) is 2.62. The smallest absolute Gasteiger partial charge is 0.325 e. The monoisotopic (exact) mass is 408 g/mol. The molecule has 7 nitrogen and oxygen atoms in total. The van der Waals surface area contributed by atoms with E-state index in [1.54, 1.807) is 24.3 Å². The fourth-order valence-electron chi connectivity index (χ4n) is 2.62. The Bertz CT molecular complexity index is 1050. The van der Waals surface area contributed by atoms with Crippen molar-refractivity contribution in [1.29, 1.82) is 0 Å². The van der Waals surface area contributed by atoms with Crippen LogP contribution in [0.25, 0.3) is 0 Å². The molecular formula is C21H21ClN6O. The molecule has 0 fully saturated rings. The molecule has 0 saturated heterocycles. The maximum atomic E-state index is 12.5. The van der Waals surface area contributed by atoms with Crippen LogP contribution in [0.15, 0.2) is 59.6 Å². The minimum Gasteiger partial charge on any atom is -0.325 e. The van der Waals surface area contributed by atoms with Crippen molar-refractivity contribution in [1.82, 2.24) is 15.3 Å². The molecule has 3 rings (SSSR count). The van der Waals surface area contributed by atoms with Gasteiger partial charge in [-0.15, -0.1) is 0 Å². The maximum absolute atomic E-state index is 12.5. The molecule has 0 atom stereocenters. The largest absolute Gasteiger partial charge is 0.326 e. The Hall–Kier alpha value is -3.45. The van der Waals surface area contributed by atoms with E-state index in [9.17, 15) is 4.79 Å². The molecule has 1 heterocycles. The predicted octanol–water partition coefficient (Wildman–Crippen LogP) is 4.98. The number of aryl methyl sites for hydroxylation is 3. The third-order valence-corrected chi connectivity index (χ3v) is 4.13. The van der Waals surface area contributed by atoms with E-state index < -0.39 is 6.03 Å². The quantitative estimate of drug-likeness (QED) is 0.421. The predicted molar refractivity (Wildman–Crippen MR) is 117 cm³/mol. The molecule has 148 valence electrons. The number of amides is 2. The van der Waals surface area contributed by atoms with Gasteiger partial charge in [0.1, 0.15) is 0 Å². The number of nitrogens with one attached hydrogen (secondary N) is 3. The first-order chi connectivity index (χ1) is 13.9. The summed E-state index contributed by atoms with van der Waals surface area (Å²) in [5, 5.41) is 9.10. The van der Waals surface area contributed by atoms with Crippen LogP contribution in [0, 0.1) is 20.8 Å². The Labute approximate surface area is 174 Å². The maximum Gasteiger partial charge on any atom is 0.326 e. The molecule has 0 aliphatic rings. The highest BCUT2D eigenvalue weighted by atomic mass is 35.5. The number of para-hydroxylation sites is 1. The van der Waals surface area contributed by atoms with Gasteiger partial charge >= 0.3 is 6.03 Å². The van der Waals surface area contributed by atoms with Crippen molar-refractivity contribution < 1.29 is 4.79 Å². The zero-order valence-electron chi connectivity index (χ0n) is 16.3. The first-order valence-corrected chi connectivity index (χ1v) is 9.34. The lowest BCUT2D eigenvalue weighted by Gasteiger charge is -2.14. The summed E-state index contributed by atoms with van der Waals surface area (Å²) >= 11 is 5.97. The highest BCUT2D eigenvalue weighted by Gasteiger charge is 2.10. The van der Waals surface area contributed by atoms with Gasteiger partial charge in [-0.3, -0.25) is 5.32 Å². The number of urea groups is 1. The van der Waals surface area contributed by atoms with Crippen LogP contribution in [0.1, 0.15) is 17.0 Å². The Morgan fingerprint density at radius 2 is 1.66 bits per heavy atom. The lowest BCUT2D eigenvalue weighted by molar-refractivity contribution is 0.256. The van der Waals surface area contributed by atoms with Gasteiger partial charge in [0, 0.05) is 27.8 Å². The summed E-state index contributed by atoms with van der Waals surface area (Å²) in [5.74, 6) is 0.450. The van der Waals surface area contributed by atoms with Gasteiger partial charge in [0.25, 0.3) is 5.95 Å². The van der Waals surface area contributed by atoms with Crippen LogP contribution in [0.2, 0.25) is 5.02 Å². The summed E-state index contributed by atoms with van der Waals surface area (Å²) in [6.45, 7) is 5.68. The number of carbonyl (C=O) groups excluding carboxylic acids is 1. The average molecular weight is 409 g/mol. The van der Waals surface area contributed by atoms with Crippen LogP contribution >= 0.6 is 11.6 Å². The van der Waals surface area contributed by atoms with Gasteiger partial charge in [0.05, 0.1) is 0 Å². The summed E-state index contributed by atoms with van der Waals surface area (Å²) in [5.41, 5.74) is 3.94. The van der Waals surface area contributed by atoms with Gasteiger partial charge in [-0.05, 0) is 56.7 Å². The number of aliphatic imine (C=N–C) groups is 1. The van der Waals surface area contributed by atoms with E-state index in [1.807, 2.05) is 51.1 Å². The molecule has 2 aromatic carbocycles. The van der Waals surface area contributed by atoms with Crippen LogP contribution < -0.4 is 16.0 Å². The van der Waals surface area contributed by atoms with Crippen molar-refractivity contribution in [2.75, 3.05) is 10.6 Å². The molecule has 0 aliphatic heterocycles. The van der Waals surface area contributed by atoms with Crippen molar-refractivity contribution in [2.45, 2.75) is 20.8 Å². The Balaban J connectivity index is 1.86.